The highest BCUT2D eigenvalue weighted by atomic mass is 16.3. The molecule has 0 bridgehead atoms. The summed E-state index contributed by atoms with van der Waals surface area (Å²) in [7, 11) is 0. The molecule has 4 nitrogen and oxygen atoms in total. The quantitative estimate of drug-likeness (QED) is 0.433. The Bertz CT molecular complexity index is 967. The van der Waals surface area contributed by atoms with Gasteiger partial charge in [-0.25, -0.2) is 5.43 Å². The first kappa shape index (κ1) is 15.3. The van der Waals surface area contributed by atoms with E-state index in [-0.39, 0.29) is 11.3 Å². The van der Waals surface area contributed by atoms with Crippen molar-refractivity contribution in [1.82, 2.24) is 5.43 Å². The standard InChI is InChI=1S/C20H14N2O2/c23-19-14-17-11-5-4-10-16(17)13-18(19)20(24)22-21-12-6-9-15-7-2-1-3-8-15/h1-5,7-8,10-14,23H,(H,22,24)/b21-12+. The molecule has 4 heteroatoms. The van der Waals surface area contributed by atoms with Crippen molar-refractivity contribution in [3.63, 3.8) is 0 Å². The van der Waals surface area contributed by atoms with Crippen LogP contribution in [0.25, 0.3) is 10.8 Å². The SMILES string of the molecule is O=C(N/N=C/C#Cc1ccccc1)c1cc2ccccc2cc1O. The number of hydrogen-bond acceptors (Lipinski definition) is 3. The second kappa shape index (κ2) is 7.12. The van der Waals surface area contributed by atoms with E-state index in [1.54, 1.807) is 12.1 Å². The van der Waals surface area contributed by atoms with E-state index in [4.69, 9.17) is 0 Å². The zero-order valence-electron chi connectivity index (χ0n) is 12.7. The lowest BCUT2D eigenvalue weighted by atomic mass is 10.1. The van der Waals surface area contributed by atoms with Crippen molar-refractivity contribution in [3.05, 3.63) is 77.9 Å². The highest BCUT2D eigenvalue weighted by Crippen LogP contribution is 2.24. The zero-order chi connectivity index (χ0) is 16.8. The number of fused-ring (bicyclic) bond motifs is 1. The summed E-state index contributed by atoms with van der Waals surface area (Å²) < 4.78 is 0. The number of phenolic OH excluding ortho intramolecular Hbond substituents is 1. The Balaban J connectivity index is 1.70. The fraction of sp³-hybridized carbons (Fsp3) is 0. The molecular formula is C20H14N2O2. The van der Waals surface area contributed by atoms with Crippen LogP contribution in [0, 0.1) is 11.8 Å². The van der Waals surface area contributed by atoms with Crippen LogP contribution in [0.4, 0.5) is 0 Å². The maximum absolute atomic E-state index is 12.1. The lowest BCUT2D eigenvalue weighted by Gasteiger charge is -2.05. The number of hydrogen-bond donors (Lipinski definition) is 2. The summed E-state index contributed by atoms with van der Waals surface area (Å²) in [5.74, 6) is 5.05. The number of phenols is 1. The molecule has 0 saturated heterocycles. The Kier molecular flexibility index (Phi) is 4.55. The minimum absolute atomic E-state index is 0.0863. The number of aromatic hydroxyl groups is 1. The average molecular weight is 314 g/mol. The van der Waals surface area contributed by atoms with E-state index in [0.29, 0.717) is 0 Å². The molecule has 0 spiro atoms. The third-order valence-electron chi connectivity index (χ3n) is 3.39. The van der Waals surface area contributed by atoms with Gasteiger partial charge in [-0.05, 0) is 41.0 Å². The number of amides is 1. The smallest absolute Gasteiger partial charge is 0.275 e. The van der Waals surface area contributed by atoms with Gasteiger partial charge in [0.25, 0.3) is 5.91 Å². The maximum atomic E-state index is 12.1. The Labute approximate surface area is 139 Å². The van der Waals surface area contributed by atoms with Gasteiger partial charge in [-0.3, -0.25) is 4.79 Å². The Hall–Kier alpha value is -3.58. The van der Waals surface area contributed by atoms with E-state index in [0.717, 1.165) is 16.3 Å². The zero-order valence-corrected chi connectivity index (χ0v) is 12.7. The average Bonchev–Trinajstić information content (AvgIpc) is 2.61. The molecule has 1 amide bonds. The molecule has 0 atom stereocenters. The molecule has 0 aliphatic heterocycles. The van der Waals surface area contributed by atoms with Crippen LogP contribution in [0.15, 0.2) is 71.8 Å². The van der Waals surface area contributed by atoms with Crippen molar-refractivity contribution >= 4 is 22.9 Å². The van der Waals surface area contributed by atoms with E-state index in [1.807, 2.05) is 54.6 Å². The molecular weight excluding hydrogens is 300 g/mol. The Morgan fingerprint density at radius 1 is 1.00 bits per heavy atom. The molecule has 0 radical (unpaired) electrons. The summed E-state index contributed by atoms with van der Waals surface area (Å²) in [6, 6.07) is 20.1. The van der Waals surface area contributed by atoms with E-state index >= 15 is 0 Å². The molecule has 0 aliphatic carbocycles. The van der Waals surface area contributed by atoms with Gasteiger partial charge in [-0.2, -0.15) is 5.10 Å². The van der Waals surface area contributed by atoms with Crippen molar-refractivity contribution in [2.45, 2.75) is 0 Å². The molecule has 24 heavy (non-hydrogen) atoms. The third kappa shape index (κ3) is 3.60. The van der Waals surface area contributed by atoms with Crippen LogP contribution in [-0.2, 0) is 0 Å². The summed E-state index contributed by atoms with van der Waals surface area (Å²) >= 11 is 0. The second-order valence-corrected chi connectivity index (χ2v) is 5.05. The minimum Gasteiger partial charge on any atom is -0.507 e. The fourth-order valence-electron chi connectivity index (χ4n) is 2.23. The number of carbonyl (C=O) groups is 1. The summed E-state index contributed by atoms with van der Waals surface area (Å²) in [4.78, 5) is 12.1. The van der Waals surface area contributed by atoms with Crippen LogP contribution in [0.5, 0.6) is 5.75 Å². The first-order valence-electron chi connectivity index (χ1n) is 7.34. The molecule has 2 N–H and O–H groups in total. The summed E-state index contributed by atoms with van der Waals surface area (Å²) in [6.45, 7) is 0. The molecule has 116 valence electrons. The van der Waals surface area contributed by atoms with Crippen molar-refractivity contribution in [2.24, 2.45) is 5.10 Å². The summed E-state index contributed by atoms with van der Waals surface area (Å²) in [5.41, 5.74) is 3.39. The monoisotopic (exact) mass is 314 g/mol. The lowest BCUT2D eigenvalue weighted by molar-refractivity contribution is 0.0952. The van der Waals surface area contributed by atoms with Gasteiger partial charge in [0.2, 0.25) is 0 Å². The first-order chi connectivity index (χ1) is 11.7. The molecule has 0 heterocycles. The number of benzene rings is 3. The fourth-order valence-corrected chi connectivity index (χ4v) is 2.23. The molecule has 0 saturated carbocycles. The predicted molar refractivity (Wildman–Crippen MR) is 94.9 cm³/mol. The number of carbonyl (C=O) groups excluding carboxylic acids is 1. The van der Waals surface area contributed by atoms with Crippen molar-refractivity contribution in [1.29, 1.82) is 0 Å². The van der Waals surface area contributed by atoms with Gasteiger partial charge in [0, 0.05) is 5.56 Å². The number of nitrogens with one attached hydrogen (secondary N) is 1. The summed E-state index contributed by atoms with van der Waals surface area (Å²) in [5, 5.41) is 15.5. The van der Waals surface area contributed by atoms with E-state index in [9.17, 15) is 9.90 Å². The number of hydrazone groups is 1. The van der Waals surface area contributed by atoms with E-state index < -0.39 is 5.91 Å². The van der Waals surface area contributed by atoms with Gasteiger partial charge in [-0.1, -0.05) is 48.4 Å². The molecule has 3 rings (SSSR count). The number of nitrogens with zero attached hydrogens (tertiary/aromatic N) is 1. The predicted octanol–water partition coefficient (Wildman–Crippen LogP) is 3.31. The van der Waals surface area contributed by atoms with Crippen LogP contribution in [0.2, 0.25) is 0 Å². The van der Waals surface area contributed by atoms with Crippen molar-refractivity contribution < 1.29 is 9.90 Å². The topological polar surface area (TPSA) is 61.7 Å². The van der Waals surface area contributed by atoms with Gasteiger partial charge in [-0.15, -0.1) is 0 Å². The van der Waals surface area contributed by atoms with Crippen LogP contribution in [0.3, 0.4) is 0 Å². The Morgan fingerprint density at radius 2 is 1.67 bits per heavy atom. The highest BCUT2D eigenvalue weighted by molar-refractivity contribution is 6.01. The van der Waals surface area contributed by atoms with Gasteiger partial charge in [0.15, 0.2) is 0 Å². The van der Waals surface area contributed by atoms with E-state index in [2.05, 4.69) is 22.4 Å². The van der Waals surface area contributed by atoms with Crippen LogP contribution in [0.1, 0.15) is 15.9 Å². The molecule has 0 aromatic heterocycles. The molecule has 0 fully saturated rings. The van der Waals surface area contributed by atoms with Gasteiger partial charge >= 0.3 is 0 Å². The molecule has 3 aromatic rings. The molecule has 0 unspecified atom stereocenters. The third-order valence-corrected chi connectivity index (χ3v) is 3.39. The van der Waals surface area contributed by atoms with Crippen LogP contribution < -0.4 is 5.43 Å². The largest absolute Gasteiger partial charge is 0.507 e. The second-order valence-electron chi connectivity index (χ2n) is 5.05. The van der Waals surface area contributed by atoms with Crippen LogP contribution in [-0.4, -0.2) is 17.2 Å². The lowest BCUT2D eigenvalue weighted by Crippen LogP contribution is -2.17. The molecule has 0 aliphatic rings. The highest BCUT2D eigenvalue weighted by Gasteiger charge is 2.11. The van der Waals surface area contributed by atoms with Crippen molar-refractivity contribution in [3.8, 4) is 17.6 Å². The van der Waals surface area contributed by atoms with E-state index in [1.165, 1.54) is 6.21 Å². The first-order valence-corrected chi connectivity index (χ1v) is 7.34. The normalized spacial score (nSPS) is 10.3. The number of rotatable bonds is 2. The van der Waals surface area contributed by atoms with Gasteiger partial charge in [0.1, 0.15) is 5.75 Å². The molecule has 3 aromatic carbocycles. The van der Waals surface area contributed by atoms with Gasteiger partial charge < -0.3 is 5.11 Å². The maximum Gasteiger partial charge on any atom is 0.275 e. The Morgan fingerprint density at radius 3 is 2.42 bits per heavy atom. The summed E-state index contributed by atoms with van der Waals surface area (Å²) in [6.07, 6.45) is 1.31. The minimum atomic E-state index is -0.490. The van der Waals surface area contributed by atoms with Crippen LogP contribution >= 0.6 is 0 Å². The van der Waals surface area contributed by atoms with Crippen molar-refractivity contribution in [2.75, 3.05) is 0 Å². The van der Waals surface area contributed by atoms with Gasteiger partial charge in [0.05, 0.1) is 11.8 Å².